The average Bonchev–Trinajstić information content (AvgIpc) is 2.37. The number of rotatable bonds is 6. The number of carbonyl (C=O) groups is 1. The van der Waals surface area contributed by atoms with Crippen LogP contribution in [0.15, 0.2) is 12.1 Å². The molecule has 1 unspecified atom stereocenters. The molecule has 1 atom stereocenters. The average molecular weight is 305 g/mol. The van der Waals surface area contributed by atoms with Crippen LogP contribution in [0.4, 0.5) is 5.69 Å². The number of Topliss-reactive ketones (excluding diaryl/α,β-unsaturated/α-hetero) is 1. The topological polar surface area (TPSA) is 113 Å². The molecule has 20 heavy (non-hydrogen) atoms. The highest BCUT2D eigenvalue weighted by atomic mass is 35.5. The van der Waals surface area contributed by atoms with Crippen molar-refractivity contribution in [1.29, 1.82) is 0 Å². The zero-order valence-electron chi connectivity index (χ0n) is 11.1. The highest BCUT2D eigenvalue weighted by molar-refractivity contribution is 6.01. The number of nitro benzene ring substituents is 1. The molecular formula is C12H17ClN2O5. The monoisotopic (exact) mass is 304 g/mol. The molecule has 0 fully saturated rings. The van der Waals surface area contributed by atoms with Crippen LogP contribution in [0, 0.1) is 10.1 Å². The zero-order chi connectivity index (χ0) is 14.6. The Balaban J connectivity index is 0.00000361. The number of phenolic OH excluding ortho intramolecular Hbond substituents is 2. The maximum Gasteiger partial charge on any atom is 0.315 e. The van der Waals surface area contributed by atoms with Crippen molar-refractivity contribution in [2.24, 2.45) is 0 Å². The van der Waals surface area contributed by atoms with Gasteiger partial charge in [-0.25, -0.2) is 0 Å². The second kappa shape index (κ2) is 7.66. The van der Waals surface area contributed by atoms with Gasteiger partial charge >= 0.3 is 5.69 Å². The minimum absolute atomic E-state index is 0. The Bertz CT molecular complexity index is 507. The van der Waals surface area contributed by atoms with E-state index in [1.807, 2.05) is 6.92 Å². The molecule has 0 saturated carbocycles. The van der Waals surface area contributed by atoms with E-state index in [-0.39, 0.29) is 23.8 Å². The van der Waals surface area contributed by atoms with E-state index < -0.39 is 28.2 Å². The molecule has 7 nitrogen and oxygen atoms in total. The first-order valence-electron chi connectivity index (χ1n) is 5.86. The lowest BCUT2D eigenvalue weighted by atomic mass is 10.0. The lowest BCUT2D eigenvalue weighted by Gasteiger charge is -2.12. The number of benzene rings is 1. The van der Waals surface area contributed by atoms with Crippen molar-refractivity contribution in [3.63, 3.8) is 0 Å². The number of nitrogens with zero attached hydrogens (tertiary/aromatic N) is 1. The van der Waals surface area contributed by atoms with Crippen LogP contribution in [0.5, 0.6) is 11.5 Å². The normalized spacial score (nSPS) is 11.5. The molecular weight excluding hydrogens is 288 g/mol. The summed E-state index contributed by atoms with van der Waals surface area (Å²) in [5, 5.41) is 32.4. The molecule has 0 saturated heterocycles. The Hall–Kier alpha value is -1.86. The smallest absolute Gasteiger partial charge is 0.315 e. The molecule has 0 aliphatic heterocycles. The second-order valence-electron chi connectivity index (χ2n) is 4.16. The number of ketones is 1. The van der Waals surface area contributed by atoms with Crippen LogP contribution in [0.1, 0.15) is 30.6 Å². The van der Waals surface area contributed by atoms with Crippen LogP contribution < -0.4 is 5.32 Å². The van der Waals surface area contributed by atoms with Gasteiger partial charge in [-0.3, -0.25) is 14.9 Å². The number of nitro groups is 1. The Morgan fingerprint density at radius 1 is 1.45 bits per heavy atom. The van der Waals surface area contributed by atoms with E-state index in [9.17, 15) is 25.1 Å². The molecule has 3 N–H and O–H groups in total. The summed E-state index contributed by atoms with van der Waals surface area (Å²) in [6, 6.07) is 1.46. The van der Waals surface area contributed by atoms with Crippen LogP contribution in [-0.4, -0.2) is 33.5 Å². The molecule has 0 bridgehead atoms. The SMILES string of the molecule is CCCNC(C)C(=O)c1cc(O)c(O)c([N+](=O)[O-])c1.Cl. The van der Waals surface area contributed by atoms with Crippen molar-refractivity contribution >= 4 is 23.9 Å². The summed E-state index contributed by atoms with van der Waals surface area (Å²) in [7, 11) is 0. The number of phenols is 2. The van der Waals surface area contributed by atoms with Gasteiger partial charge in [0.05, 0.1) is 11.0 Å². The van der Waals surface area contributed by atoms with E-state index in [1.165, 1.54) is 0 Å². The predicted molar refractivity (Wildman–Crippen MR) is 75.8 cm³/mol. The summed E-state index contributed by atoms with van der Waals surface area (Å²) >= 11 is 0. The Morgan fingerprint density at radius 3 is 2.55 bits per heavy atom. The summed E-state index contributed by atoms with van der Waals surface area (Å²) in [6.45, 7) is 4.22. The van der Waals surface area contributed by atoms with Gasteiger partial charge in [-0.1, -0.05) is 6.92 Å². The summed E-state index contributed by atoms with van der Waals surface area (Å²) in [4.78, 5) is 21.9. The first-order chi connectivity index (χ1) is 8.88. The van der Waals surface area contributed by atoms with Crippen LogP contribution >= 0.6 is 12.4 Å². The molecule has 0 amide bonds. The Kier molecular flexibility index (Phi) is 6.95. The highest BCUT2D eigenvalue weighted by Crippen LogP contribution is 2.36. The maximum atomic E-state index is 12.0. The van der Waals surface area contributed by atoms with E-state index in [0.717, 1.165) is 18.6 Å². The van der Waals surface area contributed by atoms with Gasteiger partial charge in [0.25, 0.3) is 0 Å². The van der Waals surface area contributed by atoms with E-state index in [4.69, 9.17) is 0 Å². The zero-order valence-corrected chi connectivity index (χ0v) is 11.9. The summed E-state index contributed by atoms with van der Waals surface area (Å²) < 4.78 is 0. The van der Waals surface area contributed by atoms with Gasteiger partial charge in [0.15, 0.2) is 11.5 Å². The molecule has 0 aliphatic carbocycles. The fraction of sp³-hybridized carbons (Fsp3) is 0.417. The second-order valence-corrected chi connectivity index (χ2v) is 4.16. The molecule has 8 heteroatoms. The molecule has 1 rings (SSSR count). The van der Waals surface area contributed by atoms with Crippen molar-refractivity contribution in [1.82, 2.24) is 5.32 Å². The Morgan fingerprint density at radius 2 is 2.05 bits per heavy atom. The maximum absolute atomic E-state index is 12.0. The van der Waals surface area contributed by atoms with Gasteiger partial charge in [-0.15, -0.1) is 12.4 Å². The van der Waals surface area contributed by atoms with Crippen LogP contribution in [-0.2, 0) is 0 Å². The standard InChI is InChI=1S/C12H16N2O5.ClH/c1-3-4-13-7(2)11(16)8-5-9(14(18)19)12(17)10(15)6-8;/h5-7,13,15,17H,3-4H2,1-2H3;1H. The number of aromatic hydroxyl groups is 2. The van der Waals surface area contributed by atoms with Crippen molar-refractivity contribution in [3.05, 3.63) is 27.8 Å². The molecule has 0 spiro atoms. The number of nitrogens with one attached hydrogen (secondary N) is 1. The largest absolute Gasteiger partial charge is 0.504 e. The van der Waals surface area contributed by atoms with Gasteiger partial charge in [0, 0.05) is 11.6 Å². The molecule has 1 aromatic rings. The highest BCUT2D eigenvalue weighted by Gasteiger charge is 2.23. The Labute approximate surface area is 122 Å². The molecule has 0 aromatic heterocycles. The van der Waals surface area contributed by atoms with Gasteiger partial charge in [-0.2, -0.15) is 0 Å². The van der Waals surface area contributed by atoms with E-state index in [2.05, 4.69) is 5.32 Å². The lowest BCUT2D eigenvalue weighted by molar-refractivity contribution is -0.386. The minimum atomic E-state index is -0.851. The molecule has 1 aromatic carbocycles. The number of carbonyl (C=O) groups excluding carboxylic acids is 1. The first-order valence-corrected chi connectivity index (χ1v) is 5.86. The first kappa shape index (κ1) is 18.1. The molecule has 112 valence electrons. The fourth-order valence-electron chi connectivity index (χ4n) is 1.59. The van der Waals surface area contributed by atoms with Crippen LogP contribution in [0.25, 0.3) is 0 Å². The van der Waals surface area contributed by atoms with Gasteiger partial charge in [-0.05, 0) is 26.0 Å². The van der Waals surface area contributed by atoms with Crippen molar-refractivity contribution in [2.75, 3.05) is 6.54 Å². The molecule has 0 heterocycles. The third-order valence-electron chi connectivity index (χ3n) is 2.64. The molecule has 0 aliphatic rings. The third-order valence-corrected chi connectivity index (χ3v) is 2.64. The third kappa shape index (κ3) is 4.07. The van der Waals surface area contributed by atoms with E-state index in [1.54, 1.807) is 6.92 Å². The minimum Gasteiger partial charge on any atom is -0.504 e. The number of halogens is 1. The van der Waals surface area contributed by atoms with E-state index in [0.29, 0.717) is 6.54 Å². The lowest BCUT2D eigenvalue weighted by Crippen LogP contribution is -2.34. The fourth-order valence-corrected chi connectivity index (χ4v) is 1.59. The van der Waals surface area contributed by atoms with Gasteiger partial charge in [0.2, 0.25) is 5.75 Å². The summed E-state index contributed by atoms with van der Waals surface area (Å²) in [6.07, 6.45) is 0.846. The van der Waals surface area contributed by atoms with Crippen LogP contribution in [0.2, 0.25) is 0 Å². The van der Waals surface area contributed by atoms with Crippen molar-refractivity contribution < 1.29 is 19.9 Å². The van der Waals surface area contributed by atoms with Crippen LogP contribution in [0.3, 0.4) is 0 Å². The summed E-state index contributed by atoms with van der Waals surface area (Å²) in [5.74, 6) is -1.90. The van der Waals surface area contributed by atoms with Crippen molar-refractivity contribution in [3.8, 4) is 11.5 Å². The number of hydrogen-bond donors (Lipinski definition) is 3. The van der Waals surface area contributed by atoms with Gasteiger partial charge in [0.1, 0.15) is 0 Å². The summed E-state index contributed by atoms with van der Waals surface area (Å²) in [5.41, 5.74) is -0.704. The quantitative estimate of drug-likeness (QED) is 0.321. The molecule has 0 radical (unpaired) electrons. The van der Waals surface area contributed by atoms with E-state index >= 15 is 0 Å². The predicted octanol–water partition coefficient (Wildman–Crippen LogP) is 2.00. The van der Waals surface area contributed by atoms with Gasteiger partial charge < -0.3 is 15.5 Å². The number of hydrogen-bond acceptors (Lipinski definition) is 6. The van der Waals surface area contributed by atoms with Crippen molar-refractivity contribution in [2.45, 2.75) is 26.3 Å².